The molecule has 22 nitrogen and oxygen atoms in total. The summed E-state index contributed by atoms with van der Waals surface area (Å²) in [4.78, 5) is 65.6. The van der Waals surface area contributed by atoms with Crippen LogP contribution in [0.15, 0.2) is 116 Å². The molecular formula is C70H111F2N11O11S3. The highest BCUT2D eigenvalue weighted by Crippen LogP contribution is 2.33. The molecule has 1 fully saturated rings. The van der Waals surface area contributed by atoms with Crippen LogP contribution in [0.25, 0.3) is 0 Å². The average molecular weight is 1420 g/mol. The molecule has 0 aliphatic carbocycles. The van der Waals surface area contributed by atoms with Crippen LogP contribution in [0.1, 0.15) is 195 Å². The predicted octanol–water partition coefficient (Wildman–Crippen LogP) is 15.0. The molecule has 1 saturated heterocycles. The summed E-state index contributed by atoms with van der Waals surface area (Å²) in [7, 11) is 0. The molecule has 4 aromatic rings. The molecule has 0 saturated carbocycles. The van der Waals surface area contributed by atoms with Crippen LogP contribution in [0, 0.1) is 24.0 Å². The second kappa shape index (κ2) is 40.0. The number of aromatic amines is 2. The smallest absolute Gasteiger partial charge is 0.345 e. The Hall–Kier alpha value is -6.46. The first-order chi connectivity index (χ1) is 44.2. The Morgan fingerprint density at radius 2 is 1.10 bits per heavy atom. The number of phenols is 1. The Kier molecular flexibility index (Phi) is 36.5. The number of Topliss-reactive ketones (excluding diaryl/α,β-unsaturated/α-hetero) is 1. The maximum Gasteiger partial charge on any atom is 0.345 e. The number of H-pyrrole nitrogens is 2. The van der Waals surface area contributed by atoms with Crippen molar-refractivity contribution in [1.29, 1.82) is 0 Å². The molecule has 1 atom stereocenters. The van der Waals surface area contributed by atoms with Crippen LogP contribution in [0.2, 0.25) is 0 Å². The predicted molar refractivity (Wildman–Crippen MR) is 390 cm³/mol. The molecule has 27 heteroatoms. The highest BCUT2D eigenvalue weighted by molar-refractivity contribution is 8.15. The lowest BCUT2D eigenvalue weighted by Gasteiger charge is -2.20. The molecule has 0 amide bonds. The summed E-state index contributed by atoms with van der Waals surface area (Å²) in [6, 6.07) is 12.1. The van der Waals surface area contributed by atoms with Gasteiger partial charge < -0.3 is 48.2 Å². The highest BCUT2D eigenvalue weighted by Gasteiger charge is 2.33. The number of halogens is 2. The zero-order chi connectivity index (χ0) is 74.6. The van der Waals surface area contributed by atoms with Crippen molar-refractivity contribution in [3.8, 4) is 5.75 Å². The van der Waals surface area contributed by atoms with E-state index in [0.717, 1.165) is 44.8 Å². The summed E-state index contributed by atoms with van der Waals surface area (Å²) >= 11 is 4.23. The van der Waals surface area contributed by atoms with E-state index in [-0.39, 0.29) is 72.7 Å². The Bertz CT molecular complexity index is 3150. The van der Waals surface area contributed by atoms with E-state index in [2.05, 4.69) is 96.3 Å². The normalized spacial score (nSPS) is 15.4. The number of carbonyl (C=O) groups is 2. The van der Waals surface area contributed by atoms with Crippen LogP contribution < -0.4 is 21.4 Å². The van der Waals surface area contributed by atoms with Crippen molar-refractivity contribution in [2.24, 2.45) is 20.4 Å². The number of rotatable bonds is 12. The molecule has 1 unspecified atom stereocenters. The van der Waals surface area contributed by atoms with Crippen molar-refractivity contribution in [3.63, 3.8) is 0 Å². The van der Waals surface area contributed by atoms with Gasteiger partial charge >= 0.3 is 5.69 Å². The van der Waals surface area contributed by atoms with E-state index >= 15 is 0 Å². The zero-order valence-electron chi connectivity index (χ0n) is 62.0. The average Bonchev–Trinajstić information content (AvgIpc) is 1.73. The third kappa shape index (κ3) is 44.2. The Morgan fingerprint density at radius 1 is 0.629 bits per heavy atom. The summed E-state index contributed by atoms with van der Waals surface area (Å²) in [5, 5.41) is 16.4. The van der Waals surface area contributed by atoms with Crippen LogP contribution >= 0.6 is 35.5 Å². The lowest BCUT2D eigenvalue weighted by atomic mass is 9.86. The van der Waals surface area contributed by atoms with E-state index < -0.39 is 11.6 Å². The fraction of sp³-hybridized carbons (Fsp3) is 0.586. The number of ether oxygens (including phenoxy) is 5. The number of ketones is 1. The van der Waals surface area contributed by atoms with Gasteiger partial charge in [0.1, 0.15) is 66.8 Å². The lowest BCUT2D eigenvalue weighted by Crippen LogP contribution is -2.28. The van der Waals surface area contributed by atoms with Crippen LogP contribution in [-0.4, -0.2) is 124 Å². The van der Waals surface area contributed by atoms with Gasteiger partial charge in [0.25, 0.3) is 0 Å². The maximum atomic E-state index is 13.1. The number of hydrogen-bond donors (Lipinski definition) is 6. The molecule has 6 N–H and O–H groups in total. The first kappa shape index (κ1) is 88.6. The molecule has 0 spiro atoms. The molecule has 0 radical (unpaired) electrons. The number of nitrogens with zero attached hydrogens (tertiary/aromatic N) is 6. The van der Waals surface area contributed by atoms with Crippen molar-refractivity contribution in [2.45, 2.75) is 235 Å². The Labute approximate surface area is 588 Å². The summed E-state index contributed by atoms with van der Waals surface area (Å²) < 4.78 is 56.6. The number of benzene rings is 2. The minimum Gasteiger partial charge on any atom is -0.507 e. The molecule has 2 aromatic carbocycles. The van der Waals surface area contributed by atoms with Crippen LogP contribution in [0.5, 0.6) is 5.75 Å². The number of phenolic OH excluding ortho intramolecular Hbond substituents is 1. The van der Waals surface area contributed by atoms with Crippen LogP contribution in [-0.2, 0) is 60.4 Å². The van der Waals surface area contributed by atoms with Gasteiger partial charge in [0, 0.05) is 45.5 Å². The van der Waals surface area contributed by atoms with Crippen LogP contribution in [0.4, 0.5) is 8.78 Å². The van der Waals surface area contributed by atoms with Crippen molar-refractivity contribution in [1.82, 2.24) is 40.8 Å². The van der Waals surface area contributed by atoms with Crippen molar-refractivity contribution in [2.75, 3.05) is 32.2 Å². The lowest BCUT2D eigenvalue weighted by molar-refractivity contribution is -0.122. The second-order valence-electron chi connectivity index (χ2n) is 30.2. The van der Waals surface area contributed by atoms with E-state index in [1.54, 1.807) is 17.8 Å². The summed E-state index contributed by atoms with van der Waals surface area (Å²) in [5.74, 6) is 4.16. The summed E-state index contributed by atoms with van der Waals surface area (Å²) in [5.41, 5.74) is 5.90. The number of thioether (sulfide) groups is 2. The van der Waals surface area contributed by atoms with E-state index in [9.17, 15) is 28.3 Å². The molecule has 4 aliphatic heterocycles. The van der Waals surface area contributed by atoms with Crippen LogP contribution in [0.3, 0.4) is 0 Å². The van der Waals surface area contributed by atoms with Gasteiger partial charge in [-0.2, -0.15) is 15.1 Å². The second-order valence-corrected chi connectivity index (χ2v) is 33.4. The van der Waals surface area contributed by atoms with Gasteiger partial charge in [0.15, 0.2) is 22.6 Å². The maximum absolute atomic E-state index is 13.1. The number of amidine groups is 3. The minimum atomic E-state index is -0.468. The van der Waals surface area contributed by atoms with Crippen molar-refractivity contribution < 1.29 is 56.8 Å². The summed E-state index contributed by atoms with van der Waals surface area (Å²) in [6.07, 6.45) is 3.07. The molecule has 4 aliphatic rings. The van der Waals surface area contributed by atoms with Crippen molar-refractivity contribution >= 4 is 63.9 Å². The largest absolute Gasteiger partial charge is 0.507 e. The van der Waals surface area contributed by atoms with Gasteiger partial charge in [0.2, 0.25) is 11.8 Å². The van der Waals surface area contributed by atoms with Gasteiger partial charge in [-0.05, 0) is 171 Å². The molecule has 544 valence electrons. The molecule has 97 heavy (non-hydrogen) atoms. The van der Waals surface area contributed by atoms with E-state index in [1.165, 1.54) is 43.5 Å². The molecule has 2 aromatic heterocycles. The molecular weight excluding hydrogens is 1310 g/mol. The number of hydroxylamine groups is 2. The number of para-hydroxylation sites is 1. The number of aromatic hydroxyl groups is 1. The monoisotopic (exact) mass is 1420 g/mol. The standard InChI is InChI=1S/C11H14F2.C11H16OS.C9H14O3S.2C8H14N2O2.C8H14N2OS.C8H12N2O.C7H13N3O/c1-7-9(12)5-8(6-10(7)13)11(2,3)4;1-11(2,3)8-13-10-7-5-4-6-9(10)12;1-9(2,3)12-5-7-6(10)4-8(11)13-7;3*1-6-9-7(10-12-6)5-11-8(2,3)4;1-8(2,3)6-4-5-9-7(11)10-6;1-7(2,3)11-4-6-8-5-9-10-6/h5-6H,1-4H3;4-7,12H,8H2,1-3H3;7H,4-5H2,1-3H3;3*1,5H2,2-4H3,(H,9,10);4-5H,1-3H3,(H,9,10,11);5H,4H2,1-3H3,(H,8,9,10). The number of aromatic nitrogens is 5. The topological polar surface area (TPSA) is 279 Å². The SMILES string of the molecule is C=C1N=C(COC(C)(C)C)NO1.C=C1N=C(COC(C)(C)C)NO1.C=C1N=C(COC(C)(C)C)NS1.CC(C)(C)CSc1ccccc1O.CC(C)(C)OCC1SC(=O)CC1=O.CC(C)(C)OCc1ncn[nH]1.CC(C)(C)c1ccnc(=O)[nH]1.Cc1c(F)cc(C(C)(C)C)cc1F. The quantitative estimate of drug-likeness (QED) is 0.0437. The fourth-order valence-electron chi connectivity index (χ4n) is 6.30. The summed E-state index contributed by atoms with van der Waals surface area (Å²) in [6.45, 7) is 62.6. The van der Waals surface area contributed by atoms with Gasteiger partial charge in [0.05, 0.1) is 46.3 Å². The number of nitrogens with one attached hydrogen (secondary N) is 5. The molecule has 8 rings (SSSR count). The third-order valence-corrected chi connectivity index (χ3v) is 14.9. The first-order valence-electron chi connectivity index (χ1n) is 31.5. The highest BCUT2D eigenvalue weighted by atomic mass is 32.2. The van der Waals surface area contributed by atoms with Crippen molar-refractivity contribution in [3.05, 3.63) is 136 Å². The van der Waals surface area contributed by atoms with Gasteiger partial charge in [-0.3, -0.25) is 14.7 Å². The minimum absolute atomic E-state index is 0.000694. The number of aliphatic imine (C=N–C) groups is 3. The van der Waals surface area contributed by atoms with E-state index in [4.69, 9.17) is 33.4 Å². The third-order valence-electron chi connectivity index (χ3n) is 11.4. The van der Waals surface area contributed by atoms with Gasteiger partial charge in [-0.25, -0.2) is 39.5 Å². The Morgan fingerprint density at radius 3 is 1.45 bits per heavy atom. The Balaban J connectivity index is 0.000000555. The van der Waals surface area contributed by atoms with E-state index in [0.29, 0.717) is 73.2 Å². The molecule has 6 heterocycles. The first-order valence-corrected chi connectivity index (χ1v) is 34.1. The number of hydrogen-bond acceptors (Lipinski definition) is 23. The fourth-order valence-corrected chi connectivity index (χ4v) is 8.67. The zero-order valence-corrected chi connectivity index (χ0v) is 64.5. The van der Waals surface area contributed by atoms with E-state index in [1.807, 2.05) is 170 Å². The van der Waals surface area contributed by atoms with Gasteiger partial charge in [-0.15, -0.1) is 11.8 Å². The van der Waals surface area contributed by atoms with Gasteiger partial charge in [-0.1, -0.05) is 92.8 Å². The molecule has 0 bridgehead atoms. The number of carbonyl (C=O) groups excluding carboxylic acids is 2.